The number of ether oxygens (including phenoxy) is 3. The zero-order valence-corrected chi connectivity index (χ0v) is 19.2. The maximum Gasteiger partial charge on any atom is 0.519 e. The molecule has 28 heavy (non-hydrogen) atoms. The number of carbonyl (C=O) groups excluding carboxylic acids is 2. The second-order valence-corrected chi connectivity index (χ2v) is 9.01. The molecular weight excluding hydrogens is 356 g/mol. The summed E-state index contributed by atoms with van der Waals surface area (Å²) in [5.74, 6) is 0. The maximum atomic E-state index is 11.9. The number of hydrogen-bond acceptors (Lipinski definition) is 5. The molecule has 0 spiro atoms. The molecule has 0 aromatic heterocycles. The predicted molar refractivity (Wildman–Crippen MR) is 114 cm³/mol. The highest BCUT2D eigenvalue weighted by atomic mass is 16.8. The minimum atomic E-state index is -0.987. The van der Waals surface area contributed by atoms with Crippen LogP contribution < -0.4 is 0 Å². The second-order valence-electron chi connectivity index (χ2n) is 9.01. The molecule has 0 N–H and O–H groups in total. The Morgan fingerprint density at radius 2 is 0.893 bits per heavy atom. The van der Waals surface area contributed by atoms with Crippen LogP contribution in [0.25, 0.3) is 0 Å². The van der Waals surface area contributed by atoms with Crippen molar-refractivity contribution in [2.75, 3.05) is 0 Å². The van der Waals surface area contributed by atoms with Crippen molar-refractivity contribution in [3.63, 3.8) is 0 Å². The number of carbonyl (C=O) groups is 2. The van der Waals surface area contributed by atoms with E-state index >= 15 is 0 Å². The van der Waals surface area contributed by atoms with E-state index in [2.05, 4.69) is 13.8 Å². The standard InChI is InChI=1S/C23H44O5/c1-7-9-11-13-15-17-19-23(5,6)28-21(25)26-20(24)27-22(3,4)18-16-14-12-10-8-2/h7-19H2,1-6H3. The van der Waals surface area contributed by atoms with Crippen LogP contribution in [0.2, 0.25) is 0 Å². The summed E-state index contributed by atoms with van der Waals surface area (Å²) in [7, 11) is 0. The van der Waals surface area contributed by atoms with Crippen molar-refractivity contribution in [3.8, 4) is 0 Å². The molecule has 0 radical (unpaired) electrons. The molecule has 0 aromatic rings. The van der Waals surface area contributed by atoms with Crippen molar-refractivity contribution in [2.24, 2.45) is 0 Å². The summed E-state index contributed by atoms with van der Waals surface area (Å²) in [6, 6.07) is 0. The van der Waals surface area contributed by atoms with Crippen molar-refractivity contribution in [2.45, 2.75) is 136 Å². The molecule has 0 rings (SSSR count). The first kappa shape index (κ1) is 26.7. The average Bonchev–Trinajstić information content (AvgIpc) is 2.56. The molecule has 166 valence electrons. The summed E-state index contributed by atoms with van der Waals surface area (Å²) in [6.45, 7) is 11.7. The molecule has 0 atom stereocenters. The first-order chi connectivity index (χ1) is 13.1. The van der Waals surface area contributed by atoms with Gasteiger partial charge in [0.25, 0.3) is 0 Å². The van der Waals surface area contributed by atoms with Gasteiger partial charge in [-0.25, -0.2) is 9.59 Å². The lowest BCUT2D eigenvalue weighted by molar-refractivity contribution is -0.0432. The van der Waals surface area contributed by atoms with Crippen LogP contribution in [0.3, 0.4) is 0 Å². The molecule has 0 saturated carbocycles. The van der Waals surface area contributed by atoms with E-state index in [9.17, 15) is 9.59 Å². The average molecular weight is 401 g/mol. The van der Waals surface area contributed by atoms with Gasteiger partial charge in [0, 0.05) is 0 Å². The number of unbranched alkanes of at least 4 members (excludes halogenated alkanes) is 9. The van der Waals surface area contributed by atoms with Crippen molar-refractivity contribution >= 4 is 12.3 Å². The second kappa shape index (κ2) is 14.7. The van der Waals surface area contributed by atoms with Crippen LogP contribution in [-0.2, 0) is 14.2 Å². The zero-order chi connectivity index (χ0) is 21.5. The Morgan fingerprint density at radius 1 is 0.571 bits per heavy atom. The summed E-state index contributed by atoms with van der Waals surface area (Å²) in [5.41, 5.74) is -1.31. The Balaban J connectivity index is 4.08. The highest BCUT2D eigenvalue weighted by molar-refractivity contribution is 5.77. The fourth-order valence-corrected chi connectivity index (χ4v) is 3.15. The monoisotopic (exact) mass is 400 g/mol. The first-order valence-corrected chi connectivity index (χ1v) is 11.3. The van der Waals surface area contributed by atoms with Crippen LogP contribution in [0.15, 0.2) is 0 Å². The molecule has 0 aliphatic carbocycles. The third-order valence-electron chi connectivity index (χ3n) is 4.90. The van der Waals surface area contributed by atoms with Gasteiger partial charge >= 0.3 is 12.3 Å². The van der Waals surface area contributed by atoms with Crippen LogP contribution in [0.1, 0.15) is 125 Å². The van der Waals surface area contributed by atoms with Crippen molar-refractivity contribution < 1.29 is 23.8 Å². The molecule has 5 heteroatoms. The molecule has 0 bridgehead atoms. The molecule has 0 unspecified atom stereocenters. The Morgan fingerprint density at radius 3 is 1.25 bits per heavy atom. The fraction of sp³-hybridized carbons (Fsp3) is 0.913. The van der Waals surface area contributed by atoms with Gasteiger partial charge in [0.05, 0.1) is 0 Å². The van der Waals surface area contributed by atoms with E-state index < -0.39 is 23.5 Å². The van der Waals surface area contributed by atoms with Gasteiger partial charge in [-0.15, -0.1) is 0 Å². The van der Waals surface area contributed by atoms with E-state index in [1.165, 1.54) is 44.9 Å². The van der Waals surface area contributed by atoms with Gasteiger partial charge in [-0.3, -0.25) is 0 Å². The molecule has 0 fully saturated rings. The van der Waals surface area contributed by atoms with Gasteiger partial charge in [0.15, 0.2) is 0 Å². The highest BCUT2D eigenvalue weighted by Crippen LogP contribution is 2.22. The quantitative estimate of drug-likeness (QED) is 0.158. The van der Waals surface area contributed by atoms with Crippen LogP contribution in [0, 0.1) is 0 Å². The highest BCUT2D eigenvalue weighted by Gasteiger charge is 2.28. The fourth-order valence-electron chi connectivity index (χ4n) is 3.15. The Bertz CT molecular complexity index is 429. The van der Waals surface area contributed by atoms with Gasteiger partial charge in [0.1, 0.15) is 11.2 Å². The largest absolute Gasteiger partial charge is 0.519 e. The smallest absolute Gasteiger partial charge is 0.428 e. The molecule has 0 aliphatic heterocycles. The topological polar surface area (TPSA) is 61.8 Å². The lowest BCUT2D eigenvalue weighted by Gasteiger charge is -2.26. The minimum absolute atomic E-state index is 0.655. The van der Waals surface area contributed by atoms with Crippen LogP contribution in [0.4, 0.5) is 9.59 Å². The first-order valence-electron chi connectivity index (χ1n) is 11.3. The number of rotatable bonds is 15. The summed E-state index contributed by atoms with van der Waals surface area (Å²) in [5, 5.41) is 0. The molecule has 0 heterocycles. The summed E-state index contributed by atoms with van der Waals surface area (Å²) in [6.07, 6.45) is 12.3. The number of hydrogen-bond donors (Lipinski definition) is 0. The lowest BCUT2D eigenvalue weighted by Crippen LogP contribution is -2.33. The predicted octanol–water partition coefficient (Wildman–Crippen LogP) is 7.94. The Kier molecular flexibility index (Phi) is 14.0. The van der Waals surface area contributed by atoms with Crippen molar-refractivity contribution in [3.05, 3.63) is 0 Å². The van der Waals surface area contributed by atoms with E-state index in [1.54, 1.807) is 0 Å². The SMILES string of the molecule is CCCCCCCCC(C)(C)OC(=O)OC(=O)OC(C)(C)CCCCCCC. The third-order valence-corrected chi connectivity index (χ3v) is 4.90. The maximum absolute atomic E-state index is 11.9. The lowest BCUT2D eigenvalue weighted by atomic mass is 9.99. The van der Waals surface area contributed by atoms with Gasteiger partial charge in [-0.1, -0.05) is 71.6 Å². The summed E-state index contributed by atoms with van der Waals surface area (Å²) < 4.78 is 15.3. The van der Waals surface area contributed by atoms with Gasteiger partial charge in [0.2, 0.25) is 0 Å². The van der Waals surface area contributed by atoms with Crippen LogP contribution in [-0.4, -0.2) is 23.5 Å². The van der Waals surface area contributed by atoms with Crippen LogP contribution >= 0.6 is 0 Å². The summed E-state index contributed by atoms with van der Waals surface area (Å²) in [4.78, 5) is 23.8. The summed E-state index contributed by atoms with van der Waals surface area (Å²) >= 11 is 0. The van der Waals surface area contributed by atoms with Gasteiger partial charge in [-0.2, -0.15) is 0 Å². The Labute approximate surface area is 172 Å². The van der Waals surface area contributed by atoms with Crippen molar-refractivity contribution in [1.82, 2.24) is 0 Å². The molecule has 0 amide bonds. The van der Waals surface area contributed by atoms with E-state index in [0.717, 1.165) is 38.5 Å². The molecule has 5 nitrogen and oxygen atoms in total. The molecule has 0 saturated heterocycles. The normalized spacial score (nSPS) is 11.9. The van der Waals surface area contributed by atoms with E-state index in [-0.39, 0.29) is 0 Å². The third kappa shape index (κ3) is 15.8. The van der Waals surface area contributed by atoms with E-state index in [0.29, 0.717) is 0 Å². The molecule has 0 aliphatic rings. The Hall–Kier alpha value is -1.26. The zero-order valence-electron chi connectivity index (χ0n) is 19.2. The molecule has 0 aromatic carbocycles. The molecular formula is C23H44O5. The minimum Gasteiger partial charge on any atom is -0.428 e. The van der Waals surface area contributed by atoms with Gasteiger partial charge in [-0.05, 0) is 53.4 Å². The van der Waals surface area contributed by atoms with E-state index in [1.807, 2.05) is 27.7 Å². The van der Waals surface area contributed by atoms with Crippen LogP contribution in [0.5, 0.6) is 0 Å². The van der Waals surface area contributed by atoms with E-state index in [4.69, 9.17) is 14.2 Å². The van der Waals surface area contributed by atoms with Gasteiger partial charge < -0.3 is 14.2 Å². The van der Waals surface area contributed by atoms with Crippen molar-refractivity contribution in [1.29, 1.82) is 0 Å².